The van der Waals surface area contributed by atoms with Crippen LogP contribution >= 0.6 is 15.9 Å². The maximum atomic E-state index is 12.9. The Morgan fingerprint density at radius 1 is 1.17 bits per heavy atom. The number of amides is 2. The van der Waals surface area contributed by atoms with Gasteiger partial charge in [0.1, 0.15) is 5.82 Å². The van der Waals surface area contributed by atoms with Crippen LogP contribution in [0.15, 0.2) is 53.0 Å². The quantitative estimate of drug-likeness (QED) is 0.869. The molecule has 0 aliphatic heterocycles. The van der Waals surface area contributed by atoms with E-state index in [0.717, 1.165) is 10.0 Å². The number of hydrogen-bond donors (Lipinski definition) is 1. The van der Waals surface area contributed by atoms with Gasteiger partial charge in [0.15, 0.2) is 0 Å². The van der Waals surface area contributed by atoms with Gasteiger partial charge in [-0.05, 0) is 35.9 Å². The maximum Gasteiger partial charge on any atom is 0.251 e. The zero-order valence-corrected chi connectivity index (χ0v) is 14.1. The predicted octanol–water partition coefficient (Wildman–Crippen LogP) is 2.98. The molecule has 0 unspecified atom stereocenters. The summed E-state index contributed by atoms with van der Waals surface area (Å²) in [4.78, 5) is 25.5. The summed E-state index contributed by atoms with van der Waals surface area (Å²) in [6.07, 6.45) is 0. The molecular weight excluding hydrogens is 363 g/mol. The van der Waals surface area contributed by atoms with E-state index < -0.39 is 0 Å². The second-order valence-electron chi connectivity index (χ2n) is 5.07. The Balaban J connectivity index is 1.86. The molecule has 0 aliphatic rings. The summed E-state index contributed by atoms with van der Waals surface area (Å²) in [5, 5.41) is 2.59. The summed E-state index contributed by atoms with van der Waals surface area (Å²) in [5.74, 6) is -0.850. The first-order valence-electron chi connectivity index (χ1n) is 6.98. The molecule has 0 heterocycles. The van der Waals surface area contributed by atoms with Crippen molar-refractivity contribution in [3.05, 3.63) is 69.9 Å². The van der Waals surface area contributed by atoms with Gasteiger partial charge in [0.05, 0.1) is 6.54 Å². The lowest BCUT2D eigenvalue weighted by atomic mass is 10.2. The average Bonchev–Trinajstić information content (AvgIpc) is 2.54. The van der Waals surface area contributed by atoms with Crippen LogP contribution in [-0.2, 0) is 11.3 Å². The molecule has 0 bridgehead atoms. The van der Waals surface area contributed by atoms with Gasteiger partial charge in [-0.3, -0.25) is 9.59 Å². The molecule has 2 aromatic carbocycles. The largest absolute Gasteiger partial charge is 0.343 e. The van der Waals surface area contributed by atoms with Crippen LogP contribution < -0.4 is 5.32 Å². The molecule has 0 spiro atoms. The monoisotopic (exact) mass is 378 g/mol. The lowest BCUT2D eigenvalue weighted by Crippen LogP contribution is -2.37. The third-order valence-electron chi connectivity index (χ3n) is 3.25. The molecule has 0 fully saturated rings. The van der Waals surface area contributed by atoms with Crippen molar-refractivity contribution in [3.8, 4) is 0 Å². The minimum absolute atomic E-state index is 0.0942. The molecule has 120 valence electrons. The topological polar surface area (TPSA) is 49.4 Å². The SMILES string of the molecule is CN(Cc1ccc(F)cc1)C(=O)CNC(=O)c1cccc(Br)c1. The fourth-order valence-corrected chi connectivity index (χ4v) is 2.37. The summed E-state index contributed by atoms with van der Waals surface area (Å²) in [7, 11) is 1.64. The Morgan fingerprint density at radius 2 is 1.87 bits per heavy atom. The number of hydrogen-bond acceptors (Lipinski definition) is 2. The van der Waals surface area contributed by atoms with Crippen LogP contribution in [0.25, 0.3) is 0 Å². The van der Waals surface area contributed by atoms with Crippen molar-refractivity contribution < 1.29 is 14.0 Å². The molecule has 0 aromatic heterocycles. The summed E-state index contributed by atoms with van der Waals surface area (Å²) in [5.41, 5.74) is 1.30. The van der Waals surface area contributed by atoms with E-state index in [-0.39, 0.29) is 24.2 Å². The molecule has 2 amide bonds. The van der Waals surface area contributed by atoms with Crippen molar-refractivity contribution in [2.24, 2.45) is 0 Å². The molecule has 2 aromatic rings. The van der Waals surface area contributed by atoms with Gasteiger partial charge in [-0.15, -0.1) is 0 Å². The van der Waals surface area contributed by atoms with E-state index in [1.165, 1.54) is 17.0 Å². The molecule has 1 N–H and O–H groups in total. The second kappa shape index (κ2) is 7.87. The average molecular weight is 379 g/mol. The summed E-state index contributed by atoms with van der Waals surface area (Å²) in [6.45, 7) is 0.259. The first kappa shape index (κ1) is 17.1. The number of rotatable bonds is 5. The minimum Gasteiger partial charge on any atom is -0.343 e. The third-order valence-corrected chi connectivity index (χ3v) is 3.74. The first-order valence-corrected chi connectivity index (χ1v) is 7.77. The Labute approximate surface area is 142 Å². The number of benzene rings is 2. The van der Waals surface area contributed by atoms with Crippen molar-refractivity contribution in [1.29, 1.82) is 0 Å². The van der Waals surface area contributed by atoms with E-state index >= 15 is 0 Å². The Bertz CT molecular complexity index is 704. The molecule has 4 nitrogen and oxygen atoms in total. The van der Waals surface area contributed by atoms with Crippen molar-refractivity contribution in [1.82, 2.24) is 10.2 Å². The van der Waals surface area contributed by atoms with E-state index in [1.54, 1.807) is 37.4 Å². The lowest BCUT2D eigenvalue weighted by molar-refractivity contribution is -0.129. The summed E-state index contributed by atoms with van der Waals surface area (Å²) < 4.78 is 13.6. The highest BCUT2D eigenvalue weighted by Gasteiger charge is 2.12. The molecule has 0 saturated heterocycles. The number of likely N-dealkylation sites (N-methyl/N-ethyl adjacent to an activating group) is 1. The van der Waals surface area contributed by atoms with E-state index in [2.05, 4.69) is 21.2 Å². The van der Waals surface area contributed by atoms with Crippen LogP contribution in [0.1, 0.15) is 15.9 Å². The third kappa shape index (κ3) is 5.17. The number of nitrogens with zero attached hydrogens (tertiary/aromatic N) is 1. The van der Waals surface area contributed by atoms with Crippen LogP contribution in [-0.4, -0.2) is 30.3 Å². The van der Waals surface area contributed by atoms with Crippen molar-refractivity contribution in [3.63, 3.8) is 0 Å². The molecule has 0 radical (unpaired) electrons. The molecule has 23 heavy (non-hydrogen) atoms. The van der Waals surface area contributed by atoms with Crippen LogP contribution in [0, 0.1) is 5.82 Å². The molecular formula is C17H16BrFN2O2. The molecule has 2 rings (SSSR count). The highest BCUT2D eigenvalue weighted by atomic mass is 79.9. The van der Waals surface area contributed by atoms with Gasteiger partial charge in [-0.2, -0.15) is 0 Å². The van der Waals surface area contributed by atoms with Gasteiger partial charge in [0, 0.05) is 23.6 Å². The zero-order chi connectivity index (χ0) is 16.8. The molecule has 0 aliphatic carbocycles. The van der Waals surface area contributed by atoms with E-state index in [0.29, 0.717) is 12.1 Å². The zero-order valence-electron chi connectivity index (χ0n) is 12.6. The predicted molar refractivity (Wildman–Crippen MR) is 89.3 cm³/mol. The van der Waals surface area contributed by atoms with Gasteiger partial charge < -0.3 is 10.2 Å². The van der Waals surface area contributed by atoms with E-state index in [4.69, 9.17) is 0 Å². The minimum atomic E-state index is -0.316. The summed E-state index contributed by atoms with van der Waals surface area (Å²) >= 11 is 3.29. The van der Waals surface area contributed by atoms with Crippen LogP contribution in [0.3, 0.4) is 0 Å². The normalized spacial score (nSPS) is 10.2. The molecule has 0 atom stereocenters. The Hall–Kier alpha value is -2.21. The van der Waals surface area contributed by atoms with E-state index in [9.17, 15) is 14.0 Å². The first-order chi connectivity index (χ1) is 11.0. The molecule has 0 saturated carbocycles. The Kier molecular flexibility index (Phi) is 5.87. The second-order valence-corrected chi connectivity index (χ2v) is 5.98. The van der Waals surface area contributed by atoms with E-state index in [1.807, 2.05) is 6.07 Å². The number of halogens is 2. The standard InChI is InChI=1S/C17H16BrFN2O2/c1-21(11-12-5-7-15(19)8-6-12)16(22)10-20-17(23)13-3-2-4-14(18)9-13/h2-9H,10-11H2,1H3,(H,20,23). The number of carbonyl (C=O) groups excluding carboxylic acids is 2. The fourth-order valence-electron chi connectivity index (χ4n) is 1.97. The fraction of sp³-hybridized carbons (Fsp3) is 0.176. The van der Waals surface area contributed by atoms with Crippen molar-refractivity contribution in [2.75, 3.05) is 13.6 Å². The van der Waals surface area contributed by atoms with Crippen LogP contribution in [0.4, 0.5) is 4.39 Å². The van der Waals surface area contributed by atoms with Gasteiger partial charge in [-0.1, -0.05) is 34.1 Å². The van der Waals surface area contributed by atoms with Gasteiger partial charge in [-0.25, -0.2) is 4.39 Å². The van der Waals surface area contributed by atoms with Gasteiger partial charge >= 0.3 is 0 Å². The number of carbonyl (C=O) groups is 2. The smallest absolute Gasteiger partial charge is 0.251 e. The highest BCUT2D eigenvalue weighted by molar-refractivity contribution is 9.10. The van der Waals surface area contributed by atoms with Crippen LogP contribution in [0.2, 0.25) is 0 Å². The summed E-state index contributed by atoms with van der Waals surface area (Å²) in [6, 6.07) is 12.9. The van der Waals surface area contributed by atoms with Crippen molar-refractivity contribution >= 4 is 27.7 Å². The van der Waals surface area contributed by atoms with Crippen molar-refractivity contribution in [2.45, 2.75) is 6.54 Å². The molecule has 6 heteroatoms. The Morgan fingerprint density at radius 3 is 2.52 bits per heavy atom. The van der Waals surface area contributed by atoms with Gasteiger partial charge in [0.25, 0.3) is 5.91 Å². The van der Waals surface area contributed by atoms with Gasteiger partial charge in [0.2, 0.25) is 5.91 Å². The highest BCUT2D eigenvalue weighted by Crippen LogP contribution is 2.11. The lowest BCUT2D eigenvalue weighted by Gasteiger charge is -2.17. The number of nitrogens with one attached hydrogen (secondary N) is 1. The van der Waals surface area contributed by atoms with Crippen LogP contribution in [0.5, 0.6) is 0 Å². The maximum absolute atomic E-state index is 12.9.